The number of nitrogens with one attached hydrogen (secondary N) is 1. The van der Waals surface area contributed by atoms with Gasteiger partial charge in [0, 0.05) is 6.20 Å². The van der Waals surface area contributed by atoms with Gasteiger partial charge in [-0.2, -0.15) is 5.26 Å². The molecule has 0 atom stereocenters. The number of rotatable bonds is 4. The van der Waals surface area contributed by atoms with Crippen LogP contribution in [0.25, 0.3) is 4.91 Å². The molecule has 0 radical (unpaired) electrons. The molecule has 1 rings (SSSR count). The van der Waals surface area contributed by atoms with Gasteiger partial charge in [-0.1, -0.05) is 6.92 Å². The minimum Gasteiger partial charge on any atom is -0.365 e. The summed E-state index contributed by atoms with van der Waals surface area (Å²) in [5.41, 5.74) is 5.89. The highest BCUT2D eigenvalue weighted by Crippen LogP contribution is 2.29. The lowest BCUT2D eigenvalue weighted by Gasteiger charge is -2.04. The van der Waals surface area contributed by atoms with Crippen LogP contribution >= 0.6 is 11.8 Å². The molecule has 0 bridgehead atoms. The smallest absolute Gasteiger partial charge is 0.260 e. The molecule has 0 unspecified atom stereocenters. The number of nitrogens with zero attached hydrogens (tertiary/aromatic N) is 1. The van der Waals surface area contributed by atoms with E-state index in [4.69, 9.17) is 11.0 Å². The van der Waals surface area contributed by atoms with E-state index in [-0.39, 0.29) is 5.57 Å². The first-order valence-corrected chi connectivity index (χ1v) is 5.40. The molecule has 1 aromatic heterocycles. The van der Waals surface area contributed by atoms with Crippen molar-refractivity contribution in [3.63, 3.8) is 0 Å². The Bertz CT molecular complexity index is 414. The normalized spacial score (nSPS) is 11.7. The summed E-state index contributed by atoms with van der Waals surface area (Å²) in [7, 11) is 0. The monoisotopic (exact) mass is 221 g/mol. The van der Waals surface area contributed by atoms with Gasteiger partial charge in [0.2, 0.25) is 0 Å². The van der Waals surface area contributed by atoms with E-state index >= 15 is 0 Å². The highest BCUT2D eigenvalue weighted by Gasteiger charge is 2.14. The Labute approximate surface area is 92.2 Å². The Kier molecular flexibility index (Phi) is 4.01. The zero-order valence-corrected chi connectivity index (χ0v) is 9.10. The van der Waals surface area contributed by atoms with Crippen molar-refractivity contribution in [3.8, 4) is 6.07 Å². The topological polar surface area (TPSA) is 82.7 Å². The minimum absolute atomic E-state index is 0.00398. The molecule has 15 heavy (non-hydrogen) atoms. The summed E-state index contributed by atoms with van der Waals surface area (Å²) in [5.74, 6) is 0.0790. The van der Waals surface area contributed by atoms with Crippen molar-refractivity contribution >= 4 is 22.6 Å². The number of H-pyrrole nitrogens is 1. The first-order chi connectivity index (χ1) is 7.20. The molecule has 1 amide bonds. The summed E-state index contributed by atoms with van der Waals surface area (Å²) in [6.07, 6.45) is 1.74. The number of nitrogens with two attached hydrogens (primary N) is 1. The van der Waals surface area contributed by atoms with Crippen molar-refractivity contribution in [3.05, 3.63) is 29.6 Å². The van der Waals surface area contributed by atoms with Gasteiger partial charge in [-0.15, -0.1) is 11.8 Å². The fraction of sp³-hybridized carbons (Fsp3) is 0.200. The molecule has 0 fully saturated rings. The van der Waals surface area contributed by atoms with Gasteiger partial charge in [-0.05, 0) is 17.9 Å². The predicted octanol–water partition coefficient (Wildman–Crippen LogP) is 1.49. The molecule has 0 aliphatic rings. The predicted molar refractivity (Wildman–Crippen MR) is 60.7 cm³/mol. The molecular formula is C10H11N3OS. The van der Waals surface area contributed by atoms with Crippen LogP contribution in [0.5, 0.6) is 0 Å². The molecule has 78 valence electrons. The SMILES string of the molecule is CCS/C(=C(/C#N)C(N)=O)c1ccc[nH]1. The van der Waals surface area contributed by atoms with Crippen LogP contribution in [0.4, 0.5) is 0 Å². The molecule has 5 heteroatoms. The zero-order chi connectivity index (χ0) is 11.3. The summed E-state index contributed by atoms with van der Waals surface area (Å²) in [6.45, 7) is 1.95. The van der Waals surface area contributed by atoms with Gasteiger partial charge < -0.3 is 10.7 Å². The zero-order valence-electron chi connectivity index (χ0n) is 8.28. The fourth-order valence-corrected chi connectivity index (χ4v) is 1.98. The van der Waals surface area contributed by atoms with Crippen molar-refractivity contribution in [2.24, 2.45) is 5.73 Å². The van der Waals surface area contributed by atoms with Gasteiger partial charge in [0.1, 0.15) is 11.6 Å². The number of hydrogen-bond acceptors (Lipinski definition) is 3. The number of nitriles is 1. The average Bonchev–Trinajstić information content (AvgIpc) is 2.69. The summed E-state index contributed by atoms with van der Waals surface area (Å²) >= 11 is 1.42. The van der Waals surface area contributed by atoms with Crippen molar-refractivity contribution in [1.82, 2.24) is 4.98 Å². The van der Waals surface area contributed by atoms with Crippen molar-refractivity contribution in [1.29, 1.82) is 5.26 Å². The third-order valence-corrected chi connectivity index (χ3v) is 2.72. The number of carbonyl (C=O) groups is 1. The van der Waals surface area contributed by atoms with Crippen molar-refractivity contribution < 1.29 is 4.79 Å². The third kappa shape index (κ3) is 2.64. The quantitative estimate of drug-likeness (QED) is 0.597. The molecular weight excluding hydrogens is 210 g/mol. The third-order valence-electron chi connectivity index (χ3n) is 1.72. The molecule has 0 spiro atoms. The van der Waals surface area contributed by atoms with Gasteiger partial charge >= 0.3 is 0 Å². The van der Waals surface area contributed by atoms with Gasteiger partial charge in [0.15, 0.2) is 0 Å². The van der Waals surface area contributed by atoms with Crippen LogP contribution in [0.1, 0.15) is 12.6 Å². The number of carbonyl (C=O) groups excluding carboxylic acids is 1. The molecule has 0 aromatic carbocycles. The van der Waals surface area contributed by atoms with Gasteiger partial charge in [0.25, 0.3) is 5.91 Å². The van der Waals surface area contributed by atoms with E-state index in [2.05, 4.69) is 4.98 Å². The average molecular weight is 221 g/mol. The van der Waals surface area contributed by atoms with E-state index in [1.165, 1.54) is 11.8 Å². The van der Waals surface area contributed by atoms with Gasteiger partial charge in [-0.3, -0.25) is 4.79 Å². The van der Waals surface area contributed by atoms with Crippen molar-refractivity contribution in [2.75, 3.05) is 5.75 Å². The Morgan fingerprint density at radius 1 is 1.73 bits per heavy atom. The second-order valence-corrected chi connectivity index (χ2v) is 3.97. The molecule has 0 saturated carbocycles. The molecule has 4 nitrogen and oxygen atoms in total. The largest absolute Gasteiger partial charge is 0.365 e. The van der Waals surface area contributed by atoms with E-state index in [1.807, 2.05) is 19.1 Å². The molecule has 1 aromatic rings. The Balaban J connectivity index is 3.23. The second kappa shape index (κ2) is 5.27. The van der Waals surface area contributed by atoms with E-state index in [9.17, 15) is 4.79 Å². The van der Waals surface area contributed by atoms with E-state index in [0.29, 0.717) is 4.91 Å². The highest BCUT2D eigenvalue weighted by atomic mass is 32.2. The van der Waals surface area contributed by atoms with Gasteiger partial charge in [0.05, 0.1) is 10.6 Å². The van der Waals surface area contributed by atoms with E-state index in [0.717, 1.165) is 11.4 Å². The highest BCUT2D eigenvalue weighted by molar-refractivity contribution is 8.08. The maximum Gasteiger partial charge on any atom is 0.260 e. The van der Waals surface area contributed by atoms with Crippen LogP contribution in [-0.2, 0) is 4.79 Å². The first kappa shape index (κ1) is 11.4. The van der Waals surface area contributed by atoms with Crippen LogP contribution in [-0.4, -0.2) is 16.6 Å². The lowest BCUT2D eigenvalue weighted by atomic mass is 10.2. The van der Waals surface area contributed by atoms with Crippen LogP contribution in [0.3, 0.4) is 0 Å². The lowest BCUT2D eigenvalue weighted by molar-refractivity contribution is -0.114. The second-order valence-electron chi connectivity index (χ2n) is 2.70. The summed E-state index contributed by atoms with van der Waals surface area (Å²) in [4.78, 5) is 14.6. The van der Waals surface area contributed by atoms with Crippen LogP contribution in [0.2, 0.25) is 0 Å². The number of primary amides is 1. The standard InChI is InChI=1S/C10H11N3OS/c1-2-15-9(7(6-11)10(12)14)8-4-3-5-13-8/h3-5,13H,2H2,1H3,(H2,12,14)/b9-7-. The van der Waals surface area contributed by atoms with E-state index < -0.39 is 5.91 Å². The number of amides is 1. The maximum atomic E-state index is 11.1. The molecule has 0 aliphatic carbocycles. The summed E-state index contributed by atoms with van der Waals surface area (Å²) in [5, 5.41) is 8.86. The molecule has 0 saturated heterocycles. The van der Waals surface area contributed by atoms with E-state index in [1.54, 1.807) is 12.3 Å². The number of aromatic amines is 1. The summed E-state index contributed by atoms with van der Waals surface area (Å²) in [6, 6.07) is 5.45. The lowest BCUT2D eigenvalue weighted by Crippen LogP contribution is -2.14. The first-order valence-electron chi connectivity index (χ1n) is 4.41. The van der Waals surface area contributed by atoms with Crippen LogP contribution in [0, 0.1) is 11.3 Å². The van der Waals surface area contributed by atoms with Gasteiger partial charge in [-0.25, -0.2) is 0 Å². The number of hydrogen-bond donors (Lipinski definition) is 2. The fourth-order valence-electron chi connectivity index (χ4n) is 1.12. The minimum atomic E-state index is -0.692. The van der Waals surface area contributed by atoms with Crippen molar-refractivity contribution in [2.45, 2.75) is 6.92 Å². The Hall–Kier alpha value is -1.67. The maximum absolute atomic E-state index is 11.1. The molecule has 3 N–H and O–H groups in total. The summed E-state index contributed by atoms with van der Waals surface area (Å²) < 4.78 is 0. The number of aromatic nitrogens is 1. The molecule has 0 aliphatic heterocycles. The van der Waals surface area contributed by atoms with Crippen LogP contribution in [0.15, 0.2) is 23.9 Å². The van der Waals surface area contributed by atoms with Crippen LogP contribution < -0.4 is 5.73 Å². The Morgan fingerprint density at radius 3 is 2.87 bits per heavy atom. The Morgan fingerprint density at radius 2 is 2.47 bits per heavy atom. The molecule has 1 heterocycles. The number of thioether (sulfide) groups is 1.